The number of rotatable bonds is 4. The first kappa shape index (κ1) is 11.4. The first-order chi connectivity index (χ1) is 5.49. The predicted molar refractivity (Wildman–Crippen MR) is 52.8 cm³/mol. The van der Waals surface area contributed by atoms with Crippen LogP contribution in [0, 0.1) is 5.92 Å². The molecule has 0 aliphatic carbocycles. The maximum absolute atomic E-state index is 13.0. The molecule has 0 aromatic carbocycles. The number of allylic oxidation sites excluding steroid dienone is 4. The second-order valence-corrected chi connectivity index (χ2v) is 3.49. The smallest absolute Gasteiger partial charge is 0.127 e. The highest BCUT2D eigenvalue weighted by Crippen LogP contribution is 2.25. The van der Waals surface area contributed by atoms with E-state index in [1.807, 2.05) is 13.8 Å². The third kappa shape index (κ3) is 3.72. The lowest BCUT2D eigenvalue weighted by Crippen LogP contribution is -1.93. The van der Waals surface area contributed by atoms with E-state index in [9.17, 15) is 4.39 Å². The minimum atomic E-state index is -0.372. The third-order valence-corrected chi connectivity index (χ3v) is 1.64. The van der Waals surface area contributed by atoms with E-state index < -0.39 is 0 Å². The Morgan fingerprint density at radius 1 is 1.58 bits per heavy atom. The first-order valence-corrected chi connectivity index (χ1v) is 4.22. The molecule has 0 rings (SSSR count). The van der Waals surface area contributed by atoms with Gasteiger partial charge < -0.3 is 0 Å². The van der Waals surface area contributed by atoms with Crippen LogP contribution in [-0.4, -0.2) is 0 Å². The predicted octanol–water partition coefficient (Wildman–Crippen LogP) is 4.19. The molecule has 0 spiro atoms. The maximum Gasteiger partial charge on any atom is 0.127 e. The monoisotopic (exact) mass is 188 g/mol. The van der Waals surface area contributed by atoms with Crippen LogP contribution in [0.25, 0.3) is 0 Å². The van der Waals surface area contributed by atoms with E-state index in [1.165, 1.54) is 0 Å². The van der Waals surface area contributed by atoms with Crippen molar-refractivity contribution in [3.8, 4) is 0 Å². The average molecular weight is 189 g/mol. The molecule has 0 atom stereocenters. The van der Waals surface area contributed by atoms with E-state index in [0.29, 0.717) is 17.9 Å². The Morgan fingerprint density at radius 2 is 2.08 bits per heavy atom. The Bertz CT molecular complexity index is 214. The molecule has 0 saturated heterocycles. The van der Waals surface area contributed by atoms with E-state index in [2.05, 4.69) is 13.2 Å². The number of hydrogen-bond donors (Lipinski definition) is 0. The molecule has 2 heteroatoms. The van der Waals surface area contributed by atoms with Gasteiger partial charge in [-0.1, -0.05) is 38.6 Å². The van der Waals surface area contributed by atoms with Crippen molar-refractivity contribution in [3.05, 3.63) is 35.7 Å². The van der Waals surface area contributed by atoms with Gasteiger partial charge in [0.15, 0.2) is 0 Å². The highest BCUT2D eigenvalue weighted by atomic mass is 35.5. The van der Waals surface area contributed by atoms with Crippen LogP contribution in [0.3, 0.4) is 0 Å². The van der Waals surface area contributed by atoms with Crippen molar-refractivity contribution in [1.29, 1.82) is 0 Å². The van der Waals surface area contributed by atoms with Crippen molar-refractivity contribution in [2.75, 3.05) is 0 Å². The van der Waals surface area contributed by atoms with Crippen LogP contribution in [0.4, 0.5) is 4.39 Å². The summed E-state index contributed by atoms with van der Waals surface area (Å²) in [5.74, 6) is -0.00935. The Hall–Kier alpha value is -0.560. The Kier molecular flexibility index (Phi) is 4.91. The third-order valence-electron chi connectivity index (χ3n) is 1.41. The molecule has 0 unspecified atom stereocenters. The van der Waals surface area contributed by atoms with Gasteiger partial charge in [-0.3, -0.25) is 0 Å². The van der Waals surface area contributed by atoms with Gasteiger partial charge in [0.1, 0.15) is 5.83 Å². The Labute approximate surface area is 78.4 Å². The van der Waals surface area contributed by atoms with Crippen molar-refractivity contribution < 1.29 is 4.39 Å². The molecule has 0 nitrogen and oxygen atoms in total. The summed E-state index contributed by atoms with van der Waals surface area (Å²) in [5, 5.41) is 0.265. The zero-order valence-corrected chi connectivity index (χ0v) is 8.29. The van der Waals surface area contributed by atoms with E-state index in [-0.39, 0.29) is 10.9 Å². The molecule has 68 valence electrons. The first-order valence-electron chi connectivity index (χ1n) is 3.84. The lowest BCUT2D eigenvalue weighted by atomic mass is 10.0. The van der Waals surface area contributed by atoms with Gasteiger partial charge in [-0.15, -0.1) is 0 Å². The molecule has 0 bridgehead atoms. The van der Waals surface area contributed by atoms with Crippen LogP contribution in [-0.2, 0) is 0 Å². The summed E-state index contributed by atoms with van der Waals surface area (Å²) in [4.78, 5) is 0. The van der Waals surface area contributed by atoms with Gasteiger partial charge >= 0.3 is 0 Å². The number of halogens is 2. The van der Waals surface area contributed by atoms with Crippen LogP contribution in [0.5, 0.6) is 0 Å². The second-order valence-electron chi connectivity index (χ2n) is 3.03. The van der Waals surface area contributed by atoms with Gasteiger partial charge in [0.25, 0.3) is 0 Å². The molecule has 0 aromatic heterocycles. The SMILES string of the molecule is C=C/C(F)=C(/CC(C)C)C(=C)Cl. The minimum absolute atomic E-state index is 0.265. The van der Waals surface area contributed by atoms with Crippen LogP contribution in [0.2, 0.25) is 0 Å². The fraction of sp³-hybridized carbons (Fsp3) is 0.400. The molecule has 0 radical (unpaired) electrons. The van der Waals surface area contributed by atoms with Crippen molar-refractivity contribution in [1.82, 2.24) is 0 Å². The van der Waals surface area contributed by atoms with E-state index in [4.69, 9.17) is 11.6 Å². The average Bonchev–Trinajstić information content (AvgIpc) is 1.98. The summed E-state index contributed by atoms with van der Waals surface area (Å²) < 4.78 is 13.0. The van der Waals surface area contributed by atoms with Gasteiger partial charge in [-0.25, -0.2) is 4.39 Å². The zero-order valence-electron chi connectivity index (χ0n) is 7.53. The molecule has 0 N–H and O–H groups in total. The van der Waals surface area contributed by atoms with E-state index >= 15 is 0 Å². The summed E-state index contributed by atoms with van der Waals surface area (Å²) in [7, 11) is 0. The zero-order chi connectivity index (χ0) is 9.72. The fourth-order valence-electron chi connectivity index (χ4n) is 0.869. The number of hydrogen-bond acceptors (Lipinski definition) is 0. The van der Waals surface area contributed by atoms with Gasteiger partial charge in [0.2, 0.25) is 0 Å². The van der Waals surface area contributed by atoms with Gasteiger partial charge in [0.05, 0.1) is 0 Å². The molecule has 0 saturated carbocycles. The molecule has 0 aromatic rings. The Balaban J connectivity index is 4.66. The van der Waals surface area contributed by atoms with E-state index in [0.717, 1.165) is 6.08 Å². The van der Waals surface area contributed by atoms with Crippen LogP contribution < -0.4 is 0 Å². The molecule has 0 heterocycles. The van der Waals surface area contributed by atoms with Crippen LogP contribution in [0.1, 0.15) is 20.3 Å². The molecule has 0 fully saturated rings. The van der Waals surface area contributed by atoms with Crippen LogP contribution in [0.15, 0.2) is 35.7 Å². The van der Waals surface area contributed by atoms with Gasteiger partial charge in [0, 0.05) is 10.6 Å². The van der Waals surface area contributed by atoms with Gasteiger partial charge in [-0.05, 0) is 18.4 Å². The highest BCUT2D eigenvalue weighted by Gasteiger charge is 2.08. The van der Waals surface area contributed by atoms with Crippen molar-refractivity contribution in [2.45, 2.75) is 20.3 Å². The second kappa shape index (κ2) is 5.15. The fourth-order valence-corrected chi connectivity index (χ4v) is 1.04. The largest absolute Gasteiger partial charge is 0.207 e. The molecule has 12 heavy (non-hydrogen) atoms. The molecule has 0 aliphatic rings. The highest BCUT2D eigenvalue weighted by molar-refractivity contribution is 6.31. The summed E-state index contributed by atoms with van der Waals surface area (Å²) >= 11 is 5.62. The summed E-state index contributed by atoms with van der Waals surface area (Å²) in [6.07, 6.45) is 1.76. The van der Waals surface area contributed by atoms with Crippen molar-refractivity contribution in [2.24, 2.45) is 5.92 Å². The topological polar surface area (TPSA) is 0 Å². The Morgan fingerprint density at radius 3 is 2.33 bits per heavy atom. The normalized spacial score (nSPS) is 12.8. The lowest BCUT2D eigenvalue weighted by molar-refractivity contribution is 0.604. The minimum Gasteiger partial charge on any atom is -0.207 e. The molecule has 0 amide bonds. The lowest BCUT2D eigenvalue weighted by Gasteiger charge is -2.08. The van der Waals surface area contributed by atoms with Crippen molar-refractivity contribution in [3.63, 3.8) is 0 Å². The quantitative estimate of drug-likeness (QED) is 0.581. The van der Waals surface area contributed by atoms with E-state index in [1.54, 1.807) is 0 Å². The molecular weight excluding hydrogens is 175 g/mol. The molecular formula is C10H14ClF. The summed E-state index contributed by atoms with van der Waals surface area (Å²) in [6.45, 7) is 10.8. The van der Waals surface area contributed by atoms with Crippen molar-refractivity contribution >= 4 is 11.6 Å². The van der Waals surface area contributed by atoms with Crippen LogP contribution >= 0.6 is 11.6 Å². The maximum atomic E-state index is 13.0. The summed E-state index contributed by atoms with van der Waals surface area (Å²) in [5.41, 5.74) is 0.460. The summed E-state index contributed by atoms with van der Waals surface area (Å²) in [6, 6.07) is 0. The van der Waals surface area contributed by atoms with Gasteiger partial charge in [-0.2, -0.15) is 0 Å². The standard InChI is InChI=1S/C10H14ClF/c1-5-10(12)9(8(4)11)6-7(2)3/h5,7H,1,4,6H2,2-3H3/b10-9+. The molecule has 0 aliphatic heterocycles.